The Morgan fingerprint density at radius 2 is 2.24 bits per heavy atom. The molecule has 96 valence electrons. The third kappa shape index (κ3) is 4.74. The molecule has 1 rings (SSSR count). The molecular formula is C13H23N3O. The van der Waals surface area contributed by atoms with Gasteiger partial charge >= 0.3 is 0 Å². The fourth-order valence-corrected chi connectivity index (χ4v) is 2.33. The Kier molecular flexibility index (Phi) is 4.95. The SMILES string of the molecule is CN(CCC#N)C(=O)CN1CCCC(C)(C)C1. The third-order valence-electron chi connectivity index (χ3n) is 3.32. The minimum absolute atomic E-state index is 0.123. The molecule has 1 saturated heterocycles. The molecule has 0 aromatic carbocycles. The van der Waals surface area contributed by atoms with E-state index in [-0.39, 0.29) is 5.91 Å². The predicted octanol–water partition coefficient (Wildman–Crippen LogP) is 1.48. The van der Waals surface area contributed by atoms with Gasteiger partial charge in [-0.2, -0.15) is 5.26 Å². The number of nitrogens with zero attached hydrogens (tertiary/aromatic N) is 3. The van der Waals surface area contributed by atoms with Gasteiger partial charge in [0.2, 0.25) is 5.91 Å². The van der Waals surface area contributed by atoms with Crippen LogP contribution in [0.2, 0.25) is 0 Å². The second-order valence-corrected chi connectivity index (χ2v) is 5.70. The summed E-state index contributed by atoms with van der Waals surface area (Å²) in [6, 6.07) is 2.06. The zero-order chi connectivity index (χ0) is 12.9. The van der Waals surface area contributed by atoms with Gasteiger partial charge in [-0.05, 0) is 24.8 Å². The van der Waals surface area contributed by atoms with Gasteiger partial charge < -0.3 is 4.90 Å². The van der Waals surface area contributed by atoms with Crippen molar-refractivity contribution in [1.29, 1.82) is 5.26 Å². The molecule has 1 aliphatic heterocycles. The second kappa shape index (κ2) is 6.02. The molecule has 0 aromatic rings. The lowest BCUT2D eigenvalue weighted by molar-refractivity contribution is -0.131. The van der Waals surface area contributed by atoms with E-state index in [1.54, 1.807) is 11.9 Å². The minimum atomic E-state index is 0.123. The van der Waals surface area contributed by atoms with Gasteiger partial charge in [0.1, 0.15) is 0 Å². The van der Waals surface area contributed by atoms with Crippen molar-refractivity contribution in [2.45, 2.75) is 33.1 Å². The van der Waals surface area contributed by atoms with Crippen molar-refractivity contribution in [2.75, 3.05) is 33.2 Å². The van der Waals surface area contributed by atoms with Crippen molar-refractivity contribution in [3.8, 4) is 6.07 Å². The lowest BCUT2D eigenvalue weighted by Gasteiger charge is -2.38. The Hall–Kier alpha value is -1.08. The first-order valence-electron chi connectivity index (χ1n) is 6.28. The predicted molar refractivity (Wildman–Crippen MR) is 67.3 cm³/mol. The Balaban J connectivity index is 2.38. The number of amides is 1. The number of carbonyl (C=O) groups excluding carboxylic acids is 1. The van der Waals surface area contributed by atoms with Crippen LogP contribution in [0, 0.1) is 16.7 Å². The summed E-state index contributed by atoms with van der Waals surface area (Å²) >= 11 is 0. The smallest absolute Gasteiger partial charge is 0.236 e. The summed E-state index contributed by atoms with van der Waals surface area (Å²) in [4.78, 5) is 15.8. The maximum atomic E-state index is 11.9. The lowest BCUT2D eigenvalue weighted by atomic mass is 9.84. The number of likely N-dealkylation sites (tertiary alicyclic amines) is 1. The molecule has 4 heteroatoms. The van der Waals surface area contributed by atoms with Crippen molar-refractivity contribution in [3.63, 3.8) is 0 Å². The van der Waals surface area contributed by atoms with Crippen LogP contribution in [0.5, 0.6) is 0 Å². The van der Waals surface area contributed by atoms with E-state index >= 15 is 0 Å². The van der Waals surface area contributed by atoms with Gasteiger partial charge in [0.25, 0.3) is 0 Å². The molecule has 1 aliphatic rings. The average molecular weight is 237 g/mol. The van der Waals surface area contributed by atoms with Crippen LogP contribution in [0.1, 0.15) is 33.1 Å². The summed E-state index contributed by atoms with van der Waals surface area (Å²) in [5.41, 5.74) is 0.323. The second-order valence-electron chi connectivity index (χ2n) is 5.70. The molecule has 1 amide bonds. The summed E-state index contributed by atoms with van der Waals surface area (Å²) in [5, 5.41) is 8.49. The van der Waals surface area contributed by atoms with Gasteiger partial charge in [-0.1, -0.05) is 13.8 Å². The zero-order valence-corrected chi connectivity index (χ0v) is 11.2. The highest BCUT2D eigenvalue weighted by molar-refractivity contribution is 5.78. The van der Waals surface area contributed by atoms with Crippen molar-refractivity contribution in [3.05, 3.63) is 0 Å². The van der Waals surface area contributed by atoms with Gasteiger partial charge in [-0.25, -0.2) is 0 Å². The third-order valence-corrected chi connectivity index (χ3v) is 3.32. The van der Waals surface area contributed by atoms with E-state index in [2.05, 4.69) is 24.8 Å². The Labute approximate surface area is 104 Å². The lowest BCUT2D eigenvalue weighted by Crippen LogP contribution is -2.45. The fraction of sp³-hybridized carbons (Fsp3) is 0.846. The van der Waals surface area contributed by atoms with Crippen LogP contribution in [0.15, 0.2) is 0 Å². The van der Waals surface area contributed by atoms with Crippen LogP contribution < -0.4 is 0 Å². The molecule has 0 spiro atoms. The number of carbonyl (C=O) groups is 1. The maximum absolute atomic E-state index is 11.9. The molecule has 0 atom stereocenters. The van der Waals surface area contributed by atoms with E-state index in [0.29, 0.717) is 24.9 Å². The van der Waals surface area contributed by atoms with Gasteiger partial charge in [-0.15, -0.1) is 0 Å². The molecule has 0 aromatic heterocycles. The van der Waals surface area contributed by atoms with E-state index in [1.165, 1.54) is 12.8 Å². The van der Waals surface area contributed by atoms with E-state index < -0.39 is 0 Å². The molecular weight excluding hydrogens is 214 g/mol. The van der Waals surface area contributed by atoms with E-state index in [0.717, 1.165) is 13.1 Å². The molecule has 0 N–H and O–H groups in total. The first-order valence-corrected chi connectivity index (χ1v) is 6.28. The summed E-state index contributed by atoms with van der Waals surface area (Å²) in [7, 11) is 1.77. The number of rotatable bonds is 4. The monoisotopic (exact) mass is 237 g/mol. The van der Waals surface area contributed by atoms with Crippen LogP contribution >= 0.6 is 0 Å². The first-order chi connectivity index (χ1) is 7.94. The molecule has 1 fully saturated rings. The molecule has 0 saturated carbocycles. The van der Waals surface area contributed by atoms with Crippen LogP contribution in [0.25, 0.3) is 0 Å². The zero-order valence-electron chi connectivity index (χ0n) is 11.2. The number of piperidine rings is 1. The number of hydrogen-bond acceptors (Lipinski definition) is 3. The maximum Gasteiger partial charge on any atom is 0.236 e. The Morgan fingerprint density at radius 1 is 1.53 bits per heavy atom. The molecule has 0 radical (unpaired) electrons. The highest BCUT2D eigenvalue weighted by Crippen LogP contribution is 2.28. The minimum Gasteiger partial charge on any atom is -0.344 e. The summed E-state index contributed by atoms with van der Waals surface area (Å²) in [6.45, 7) is 7.54. The van der Waals surface area contributed by atoms with E-state index in [9.17, 15) is 4.79 Å². The van der Waals surface area contributed by atoms with Gasteiger partial charge in [0.15, 0.2) is 0 Å². The largest absolute Gasteiger partial charge is 0.344 e. The standard InChI is InChI=1S/C13H23N3O/c1-13(2)6-4-9-16(11-13)10-12(17)15(3)8-5-7-14/h4-6,8-11H2,1-3H3. The quantitative estimate of drug-likeness (QED) is 0.744. The highest BCUT2D eigenvalue weighted by atomic mass is 16.2. The van der Waals surface area contributed by atoms with Gasteiger partial charge in [0.05, 0.1) is 19.0 Å². The van der Waals surface area contributed by atoms with Crippen LogP contribution in [-0.2, 0) is 4.79 Å². The van der Waals surface area contributed by atoms with E-state index in [4.69, 9.17) is 5.26 Å². The number of hydrogen-bond donors (Lipinski definition) is 0. The van der Waals surface area contributed by atoms with Crippen molar-refractivity contribution < 1.29 is 4.79 Å². The normalized spacial score (nSPS) is 19.6. The highest BCUT2D eigenvalue weighted by Gasteiger charge is 2.27. The van der Waals surface area contributed by atoms with Gasteiger partial charge in [0, 0.05) is 20.1 Å². The summed E-state index contributed by atoms with van der Waals surface area (Å²) < 4.78 is 0. The molecule has 1 heterocycles. The molecule has 0 bridgehead atoms. The molecule has 0 unspecified atom stereocenters. The van der Waals surface area contributed by atoms with Crippen molar-refractivity contribution in [2.24, 2.45) is 5.41 Å². The van der Waals surface area contributed by atoms with Crippen LogP contribution in [-0.4, -0.2) is 48.9 Å². The van der Waals surface area contributed by atoms with E-state index in [1.807, 2.05) is 0 Å². The molecule has 17 heavy (non-hydrogen) atoms. The number of likely N-dealkylation sites (N-methyl/N-ethyl adjacent to an activating group) is 1. The number of nitriles is 1. The summed E-state index contributed by atoms with van der Waals surface area (Å²) in [6.07, 6.45) is 2.82. The molecule has 4 nitrogen and oxygen atoms in total. The fourth-order valence-electron chi connectivity index (χ4n) is 2.33. The van der Waals surface area contributed by atoms with Crippen LogP contribution in [0.3, 0.4) is 0 Å². The van der Waals surface area contributed by atoms with Gasteiger partial charge in [-0.3, -0.25) is 9.69 Å². The Morgan fingerprint density at radius 3 is 2.82 bits per heavy atom. The topological polar surface area (TPSA) is 47.3 Å². The Bertz CT molecular complexity index is 306. The average Bonchev–Trinajstić information content (AvgIpc) is 2.24. The summed E-state index contributed by atoms with van der Waals surface area (Å²) in [5.74, 6) is 0.123. The van der Waals surface area contributed by atoms with Crippen molar-refractivity contribution >= 4 is 5.91 Å². The first kappa shape index (κ1) is 14.0. The van der Waals surface area contributed by atoms with Crippen molar-refractivity contribution in [1.82, 2.24) is 9.80 Å². The van der Waals surface area contributed by atoms with Crippen LogP contribution in [0.4, 0.5) is 0 Å². The molecule has 0 aliphatic carbocycles.